The molecule has 5 N–H and O–H groups in total. The Morgan fingerprint density at radius 2 is 1.92 bits per heavy atom. The van der Waals surface area contributed by atoms with Crippen LogP contribution in [0.3, 0.4) is 0 Å². The average Bonchev–Trinajstić information content (AvgIpc) is 3.10. The Morgan fingerprint density at radius 1 is 1.26 bits per heavy atom. The number of aliphatic hydroxyl groups excluding tert-OH is 1. The van der Waals surface area contributed by atoms with Crippen LogP contribution in [0.5, 0.6) is 5.75 Å². The molecule has 1 aliphatic rings. The topological polar surface area (TPSA) is 184 Å². The van der Waals surface area contributed by atoms with Crippen LogP contribution in [0, 0.1) is 0 Å². The number of halogens is 1. The first-order valence-electron chi connectivity index (χ1n) is 11.8. The Morgan fingerprint density at radius 3 is 2.50 bits per heavy atom. The minimum Gasteiger partial charge on any atom is -0.462 e. The number of alkyl halides is 1. The van der Waals surface area contributed by atoms with Crippen LogP contribution in [-0.4, -0.2) is 63.3 Å². The predicted octanol–water partition coefficient (Wildman–Crippen LogP) is 0.984. The van der Waals surface area contributed by atoms with Gasteiger partial charge in [-0.3, -0.25) is 23.7 Å². The number of carbonyl (C=O) groups excluding carboxylic acids is 1. The number of esters is 1. The fourth-order valence-electron chi connectivity index (χ4n) is 3.85. The summed E-state index contributed by atoms with van der Waals surface area (Å²) in [4.78, 5) is 38.2. The van der Waals surface area contributed by atoms with Gasteiger partial charge in [0, 0.05) is 12.3 Å². The lowest BCUT2D eigenvalue weighted by atomic mass is 9.91. The second-order valence-corrected chi connectivity index (χ2v) is 10.9. The molecule has 0 amide bonds. The van der Waals surface area contributed by atoms with Crippen molar-refractivity contribution in [1.82, 2.24) is 14.6 Å². The summed E-state index contributed by atoms with van der Waals surface area (Å²) in [6.07, 6.45) is -5.37. The number of aliphatic hydroxyl groups is 1. The molecule has 1 aromatic carbocycles. The number of benzene rings is 1. The van der Waals surface area contributed by atoms with Crippen molar-refractivity contribution in [1.29, 1.82) is 0 Å². The summed E-state index contributed by atoms with van der Waals surface area (Å²) in [5.41, 5.74) is 2.37. The smallest absolute Gasteiger partial charge is 0.459 e. The molecular formula is C23H32FN4O9P. The number of nitrogens with zero attached hydrogens (tertiary/aromatic N) is 1. The summed E-state index contributed by atoms with van der Waals surface area (Å²) in [5.74, 6) is -0.580. The number of hydrogen-bond acceptors (Lipinski definition) is 10. The first-order valence-corrected chi connectivity index (χ1v) is 13.3. The van der Waals surface area contributed by atoms with Crippen molar-refractivity contribution in [3.05, 3.63) is 63.4 Å². The number of rotatable bonds is 11. The molecule has 3 rings (SSSR count). The van der Waals surface area contributed by atoms with E-state index in [1.807, 2.05) is 4.98 Å². The number of para-hydroxylation sites is 1. The lowest BCUT2D eigenvalue weighted by molar-refractivity contribution is -0.149. The van der Waals surface area contributed by atoms with E-state index in [-0.39, 0.29) is 5.75 Å². The molecule has 210 valence electrons. The Hall–Kier alpha value is -2.87. The predicted molar refractivity (Wildman–Crippen MR) is 133 cm³/mol. The van der Waals surface area contributed by atoms with Crippen molar-refractivity contribution in [3.8, 4) is 5.75 Å². The van der Waals surface area contributed by atoms with Gasteiger partial charge in [0.2, 0.25) is 0 Å². The molecule has 0 spiro atoms. The SMILES string of the molecule is CC(C)OC(=O)[C@H](C)N[P@](=O)(Oc1ccccc1)O[C@@H](C)[C@H]1O[C@@H](n2ccc(=O)[nH]c2=O)[C@@](N)(CF)C1O. The molecule has 0 aliphatic carbocycles. The Kier molecular flexibility index (Phi) is 9.29. The normalized spacial score (nSPS) is 26.5. The fraction of sp³-hybridized carbons (Fsp3) is 0.522. The highest BCUT2D eigenvalue weighted by Crippen LogP contribution is 2.48. The van der Waals surface area contributed by atoms with Crippen LogP contribution in [0.2, 0.25) is 0 Å². The highest BCUT2D eigenvalue weighted by Gasteiger charge is 2.57. The maximum absolute atomic E-state index is 14.2. The number of H-pyrrole nitrogens is 1. The van der Waals surface area contributed by atoms with E-state index in [1.54, 1.807) is 32.0 Å². The number of nitrogens with one attached hydrogen (secondary N) is 2. The van der Waals surface area contributed by atoms with Gasteiger partial charge in [0.1, 0.15) is 36.2 Å². The first kappa shape index (κ1) is 29.7. The number of carbonyl (C=O) groups is 1. The highest BCUT2D eigenvalue weighted by molar-refractivity contribution is 7.52. The molecule has 0 saturated carbocycles. The fourth-order valence-corrected chi connectivity index (χ4v) is 5.55. The van der Waals surface area contributed by atoms with Gasteiger partial charge >= 0.3 is 19.4 Å². The van der Waals surface area contributed by atoms with Gasteiger partial charge in [-0.25, -0.2) is 13.8 Å². The molecule has 1 aliphatic heterocycles. The Bertz CT molecular complexity index is 1270. The average molecular weight is 559 g/mol. The van der Waals surface area contributed by atoms with Crippen molar-refractivity contribution >= 4 is 13.7 Å². The molecule has 1 aromatic heterocycles. The summed E-state index contributed by atoms with van der Waals surface area (Å²) in [6.45, 7) is 4.74. The van der Waals surface area contributed by atoms with Crippen molar-refractivity contribution in [3.63, 3.8) is 0 Å². The van der Waals surface area contributed by atoms with Crippen LogP contribution >= 0.6 is 7.75 Å². The number of ether oxygens (including phenoxy) is 2. The lowest BCUT2D eigenvalue weighted by Gasteiger charge is -2.31. The van der Waals surface area contributed by atoms with Crippen LogP contribution in [-0.2, 0) is 23.4 Å². The molecule has 7 atom stereocenters. The molecule has 38 heavy (non-hydrogen) atoms. The van der Waals surface area contributed by atoms with E-state index in [9.17, 15) is 28.4 Å². The van der Waals surface area contributed by atoms with Gasteiger partial charge in [0.05, 0.1) is 12.2 Å². The molecule has 2 heterocycles. The maximum Gasteiger partial charge on any atom is 0.459 e. The molecule has 1 saturated heterocycles. The van der Waals surface area contributed by atoms with Gasteiger partial charge < -0.3 is 24.8 Å². The van der Waals surface area contributed by atoms with Gasteiger partial charge in [-0.15, -0.1) is 0 Å². The molecule has 1 fully saturated rings. The second kappa shape index (κ2) is 11.9. The zero-order valence-electron chi connectivity index (χ0n) is 21.3. The van der Waals surface area contributed by atoms with Gasteiger partial charge in [0.25, 0.3) is 5.56 Å². The first-order chi connectivity index (χ1) is 17.8. The third-order valence-electron chi connectivity index (χ3n) is 5.74. The van der Waals surface area contributed by atoms with E-state index in [0.29, 0.717) is 0 Å². The quantitative estimate of drug-likeness (QED) is 0.228. The Labute approximate surface area is 217 Å². The second-order valence-electron chi connectivity index (χ2n) is 9.21. The summed E-state index contributed by atoms with van der Waals surface area (Å²) in [7, 11) is -4.38. The third-order valence-corrected chi connectivity index (χ3v) is 7.50. The summed E-state index contributed by atoms with van der Waals surface area (Å²) < 4.78 is 51.0. The highest BCUT2D eigenvalue weighted by atomic mass is 31.2. The van der Waals surface area contributed by atoms with Crippen molar-refractivity contribution in [2.45, 2.75) is 69.9 Å². The Balaban J connectivity index is 1.89. The monoisotopic (exact) mass is 558 g/mol. The molecule has 0 bridgehead atoms. The van der Waals surface area contributed by atoms with Crippen molar-refractivity contribution in [2.75, 3.05) is 6.67 Å². The van der Waals surface area contributed by atoms with E-state index < -0.39 is 73.9 Å². The minimum atomic E-state index is -4.38. The van der Waals surface area contributed by atoms with Gasteiger partial charge in [0.15, 0.2) is 6.23 Å². The van der Waals surface area contributed by atoms with Crippen LogP contribution in [0.1, 0.15) is 33.9 Å². The van der Waals surface area contributed by atoms with Crippen molar-refractivity contribution in [2.24, 2.45) is 5.73 Å². The molecule has 1 unspecified atom stereocenters. The number of hydrogen-bond donors (Lipinski definition) is 4. The third kappa shape index (κ3) is 6.57. The summed E-state index contributed by atoms with van der Waals surface area (Å²) >= 11 is 0. The molecule has 0 radical (unpaired) electrons. The molecular weight excluding hydrogens is 526 g/mol. The molecule has 13 nitrogen and oxygen atoms in total. The van der Waals surface area contributed by atoms with E-state index in [0.717, 1.165) is 16.8 Å². The number of aromatic amines is 1. The molecule has 15 heteroatoms. The van der Waals surface area contributed by atoms with Gasteiger partial charge in [-0.05, 0) is 39.8 Å². The van der Waals surface area contributed by atoms with Crippen LogP contribution in [0.4, 0.5) is 4.39 Å². The van der Waals surface area contributed by atoms with E-state index >= 15 is 0 Å². The van der Waals surface area contributed by atoms with Crippen LogP contribution < -0.4 is 26.6 Å². The number of nitrogens with two attached hydrogens (primary N) is 1. The van der Waals surface area contributed by atoms with Gasteiger partial charge in [-0.2, -0.15) is 5.09 Å². The lowest BCUT2D eigenvalue weighted by Crippen LogP contribution is -2.58. The molecule has 2 aromatic rings. The number of aromatic nitrogens is 2. The zero-order valence-corrected chi connectivity index (χ0v) is 22.2. The van der Waals surface area contributed by atoms with E-state index in [2.05, 4.69) is 5.09 Å². The standard InChI is InChI=1S/C23H32FN4O9P/c1-13(2)34-20(31)14(3)27-38(33,37-16-8-6-5-7-9-16)36-15(4)18-19(30)23(25,12-24)21(35-18)28-11-10-17(29)26-22(28)32/h5-11,13-15,18-19,21,30H,12,25H2,1-4H3,(H,27,33)(H,26,29,32)/t14-,15-,18+,19?,21+,23+,38+/m0/s1. The van der Waals surface area contributed by atoms with Crippen molar-refractivity contribution < 1.29 is 37.4 Å². The maximum atomic E-state index is 14.2. The van der Waals surface area contributed by atoms with E-state index in [4.69, 9.17) is 24.3 Å². The van der Waals surface area contributed by atoms with Crippen LogP contribution in [0.15, 0.2) is 52.2 Å². The van der Waals surface area contributed by atoms with Crippen LogP contribution in [0.25, 0.3) is 0 Å². The summed E-state index contributed by atoms with van der Waals surface area (Å²) in [5, 5.41) is 13.4. The summed E-state index contributed by atoms with van der Waals surface area (Å²) in [6, 6.07) is 7.84. The zero-order chi connectivity index (χ0) is 28.3. The van der Waals surface area contributed by atoms with Gasteiger partial charge in [-0.1, -0.05) is 18.2 Å². The minimum absolute atomic E-state index is 0.141. The largest absolute Gasteiger partial charge is 0.462 e. The van der Waals surface area contributed by atoms with E-state index in [1.165, 1.54) is 26.0 Å².